The highest BCUT2D eigenvalue weighted by Crippen LogP contribution is 2.12. The Bertz CT molecular complexity index is 517. The molecule has 0 unspecified atom stereocenters. The molecular formula is C15H21N3O. The fraction of sp³-hybridized carbons (Fsp3) is 0.400. The van der Waals surface area contributed by atoms with Crippen molar-refractivity contribution >= 4 is 0 Å². The smallest absolute Gasteiger partial charge is 0.119 e. The zero-order valence-corrected chi connectivity index (χ0v) is 11.8. The number of aryl methyl sites for hydroxylation is 2. The second-order valence-corrected chi connectivity index (χ2v) is 4.67. The molecule has 0 aliphatic carbocycles. The van der Waals surface area contributed by atoms with Crippen molar-refractivity contribution in [1.29, 1.82) is 0 Å². The van der Waals surface area contributed by atoms with Crippen LogP contribution in [0.25, 0.3) is 0 Å². The Balaban J connectivity index is 1.83. The number of benzene rings is 1. The molecule has 0 atom stereocenters. The predicted molar refractivity (Wildman–Crippen MR) is 76.4 cm³/mol. The lowest BCUT2D eigenvalue weighted by molar-refractivity contribution is 0.289. The summed E-state index contributed by atoms with van der Waals surface area (Å²) >= 11 is 0. The van der Waals surface area contributed by atoms with Crippen LogP contribution in [0.1, 0.15) is 17.0 Å². The predicted octanol–water partition coefficient (Wildman–Crippen LogP) is 2.30. The molecule has 1 heterocycles. The van der Waals surface area contributed by atoms with Crippen molar-refractivity contribution in [2.75, 3.05) is 13.7 Å². The maximum Gasteiger partial charge on any atom is 0.119 e. The molecule has 0 spiro atoms. The molecule has 2 aromatic rings. The summed E-state index contributed by atoms with van der Waals surface area (Å²) in [5, 5.41) is 7.53. The van der Waals surface area contributed by atoms with Gasteiger partial charge in [-0.25, -0.2) is 0 Å². The molecular weight excluding hydrogens is 238 g/mol. The fourth-order valence-corrected chi connectivity index (χ4v) is 2.06. The first-order valence-electron chi connectivity index (χ1n) is 6.56. The first-order valence-corrected chi connectivity index (χ1v) is 6.56. The van der Waals surface area contributed by atoms with Crippen molar-refractivity contribution in [3.63, 3.8) is 0 Å². The van der Waals surface area contributed by atoms with E-state index in [1.165, 1.54) is 11.3 Å². The monoisotopic (exact) mass is 259 g/mol. The van der Waals surface area contributed by atoms with E-state index in [1.54, 1.807) is 0 Å². The lowest BCUT2D eigenvalue weighted by Crippen LogP contribution is -2.11. The Morgan fingerprint density at radius 1 is 1.21 bits per heavy atom. The van der Waals surface area contributed by atoms with Crippen LogP contribution >= 0.6 is 0 Å². The lowest BCUT2D eigenvalue weighted by atomic mass is 10.2. The zero-order valence-electron chi connectivity index (χ0n) is 11.8. The van der Waals surface area contributed by atoms with E-state index in [0.29, 0.717) is 6.61 Å². The average Bonchev–Trinajstić information content (AvgIpc) is 2.71. The van der Waals surface area contributed by atoms with E-state index in [1.807, 2.05) is 30.8 Å². The van der Waals surface area contributed by atoms with Crippen LogP contribution in [0.3, 0.4) is 0 Å². The number of rotatable bonds is 6. The minimum Gasteiger partial charge on any atom is -0.492 e. The van der Waals surface area contributed by atoms with Crippen LogP contribution in [0.4, 0.5) is 0 Å². The Hall–Kier alpha value is -1.81. The van der Waals surface area contributed by atoms with Crippen LogP contribution < -0.4 is 10.1 Å². The molecule has 1 aromatic heterocycles. The molecule has 0 saturated heterocycles. The number of ether oxygens (including phenoxy) is 1. The van der Waals surface area contributed by atoms with E-state index in [0.717, 1.165) is 24.5 Å². The van der Waals surface area contributed by atoms with Crippen LogP contribution in [0, 0.1) is 13.8 Å². The molecule has 2 rings (SSSR count). The van der Waals surface area contributed by atoms with Gasteiger partial charge < -0.3 is 10.1 Å². The van der Waals surface area contributed by atoms with Crippen LogP contribution in [-0.2, 0) is 13.1 Å². The molecule has 1 N–H and O–H groups in total. The van der Waals surface area contributed by atoms with Crippen molar-refractivity contribution in [2.24, 2.45) is 0 Å². The summed E-state index contributed by atoms with van der Waals surface area (Å²) in [5.74, 6) is 0.904. The normalized spacial score (nSPS) is 10.7. The third-order valence-electron chi connectivity index (χ3n) is 2.98. The van der Waals surface area contributed by atoms with Gasteiger partial charge in [0.15, 0.2) is 0 Å². The summed E-state index contributed by atoms with van der Waals surface area (Å²) in [6, 6.07) is 10.2. The third kappa shape index (κ3) is 3.83. The van der Waals surface area contributed by atoms with Crippen molar-refractivity contribution in [3.8, 4) is 5.75 Å². The van der Waals surface area contributed by atoms with E-state index in [-0.39, 0.29) is 0 Å². The van der Waals surface area contributed by atoms with Gasteiger partial charge in [-0.15, -0.1) is 0 Å². The SMILES string of the molecule is CNCc1ccc(OCCn2nc(C)cc2C)cc1. The molecule has 0 saturated carbocycles. The first-order chi connectivity index (χ1) is 9.19. The van der Waals surface area contributed by atoms with Crippen molar-refractivity contribution < 1.29 is 4.74 Å². The molecule has 4 nitrogen and oxygen atoms in total. The highest BCUT2D eigenvalue weighted by Gasteiger charge is 2.01. The van der Waals surface area contributed by atoms with Gasteiger partial charge in [0, 0.05) is 12.2 Å². The summed E-state index contributed by atoms with van der Waals surface area (Å²) in [5.41, 5.74) is 3.48. The molecule has 0 aliphatic rings. The average molecular weight is 259 g/mol. The summed E-state index contributed by atoms with van der Waals surface area (Å²) < 4.78 is 7.70. The van der Waals surface area contributed by atoms with Gasteiger partial charge in [0.05, 0.1) is 12.2 Å². The molecule has 0 amide bonds. The second kappa shape index (κ2) is 6.38. The summed E-state index contributed by atoms with van der Waals surface area (Å²) in [7, 11) is 1.94. The first kappa shape index (κ1) is 13.6. The topological polar surface area (TPSA) is 39.1 Å². The minimum absolute atomic E-state index is 0.632. The van der Waals surface area contributed by atoms with Gasteiger partial charge in [0.2, 0.25) is 0 Å². The Morgan fingerprint density at radius 2 is 1.95 bits per heavy atom. The van der Waals surface area contributed by atoms with E-state index in [9.17, 15) is 0 Å². The van der Waals surface area contributed by atoms with Crippen molar-refractivity contribution in [2.45, 2.75) is 26.9 Å². The Morgan fingerprint density at radius 3 is 2.53 bits per heavy atom. The van der Waals surface area contributed by atoms with Gasteiger partial charge >= 0.3 is 0 Å². The molecule has 102 valence electrons. The maximum atomic E-state index is 5.73. The van der Waals surface area contributed by atoms with Gasteiger partial charge in [-0.2, -0.15) is 5.10 Å². The lowest BCUT2D eigenvalue weighted by Gasteiger charge is -2.08. The van der Waals surface area contributed by atoms with Gasteiger partial charge in [-0.1, -0.05) is 12.1 Å². The zero-order chi connectivity index (χ0) is 13.7. The molecule has 4 heteroatoms. The molecule has 0 aliphatic heterocycles. The van der Waals surface area contributed by atoms with E-state index >= 15 is 0 Å². The van der Waals surface area contributed by atoms with Crippen molar-refractivity contribution in [1.82, 2.24) is 15.1 Å². The van der Waals surface area contributed by atoms with Crippen LogP contribution in [0.2, 0.25) is 0 Å². The summed E-state index contributed by atoms with van der Waals surface area (Å²) in [4.78, 5) is 0. The molecule has 19 heavy (non-hydrogen) atoms. The van der Waals surface area contributed by atoms with Crippen molar-refractivity contribution in [3.05, 3.63) is 47.3 Å². The molecule has 0 fully saturated rings. The van der Waals surface area contributed by atoms with Gasteiger partial charge in [0.1, 0.15) is 12.4 Å². The Kier molecular flexibility index (Phi) is 4.58. The summed E-state index contributed by atoms with van der Waals surface area (Å²) in [6.07, 6.45) is 0. The van der Waals surface area contributed by atoms with Gasteiger partial charge in [-0.3, -0.25) is 4.68 Å². The van der Waals surface area contributed by atoms with Crippen LogP contribution in [0.15, 0.2) is 30.3 Å². The van der Waals surface area contributed by atoms with E-state index in [4.69, 9.17) is 4.74 Å². The van der Waals surface area contributed by atoms with E-state index in [2.05, 4.69) is 35.5 Å². The number of nitrogens with one attached hydrogen (secondary N) is 1. The number of hydrogen-bond donors (Lipinski definition) is 1. The standard InChI is InChI=1S/C15H21N3O/c1-12-10-13(2)18(17-12)8-9-19-15-6-4-14(5-7-15)11-16-3/h4-7,10,16H,8-9,11H2,1-3H3. The highest BCUT2D eigenvalue weighted by atomic mass is 16.5. The van der Waals surface area contributed by atoms with Gasteiger partial charge in [-0.05, 0) is 44.7 Å². The number of aromatic nitrogens is 2. The largest absolute Gasteiger partial charge is 0.492 e. The van der Waals surface area contributed by atoms with E-state index < -0.39 is 0 Å². The molecule has 1 aromatic carbocycles. The van der Waals surface area contributed by atoms with Crippen LogP contribution in [0.5, 0.6) is 5.75 Å². The maximum absolute atomic E-state index is 5.73. The summed E-state index contributed by atoms with van der Waals surface area (Å²) in [6.45, 7) is 6.36. The minimum atomic E-state index is 0.632. The van der Waals surface area contributed by atoms with Crippen LogP contribution in [-0.4, -0.2) is 23.4 Å². The third-order valence-corrected chi connectivity index (χ3v) is 2.98. The molecule has 0 radical (unpaired) electrons. The fourth-order valence-electron chi connectivity index (χ4n) is 2.06. The number of hydrogen-bond acceptors (Lipinski definition) is 3. The van der Waals surface area contributed by atoms with Gasteiger partial charge in [0.25, 0.3) is 0 Å². The quantitative estimate of drug-likeness (QED) is 0.865. The number of nitrogens with zero attached hydrogens (tertiary/aromatic N) is 2. The molecule has 0 bridgehead atoms. The highest BCUT2D eigenvalue weighted by molar-refractivity contribution is 5.27. The Labute approximate surface area is 114 Å². The second-order valence-electron chi connectivity index (χ2n) is 4.67.